The second kappa shape index (κ2) is 4.97. The molecule has 1 heterocycles. The van der Waals surface area contributed by atoms with Crippen molar-refractivity contribution in [1.82, 2.24) is 10.2 Å². The highest BCUT2D eigenvalue weighted by molar-refractivity contribution is 6.29. The molecular formula is C11H8ClFN4O. The molecule has 0 aliphatic rings. The maximum Gasteiger partial charge on any atom is 0.259 e. The maximum atomic E-state index is 13.4. The molecule has 3 N–H and O–H groups in total. The molecule has 0 spiro atoms. The number of nitrogens with two attached hydrogens (primary N) is 1. The van der Waals surface area contributed by atoms with Gasteiger partial charge in [0.05, 0.1) is 5.56 Å². The molecule has 0 saturated carbocycles. The van der Waals surface area contributed by atoms with Gasteiger partial charge in [-0.2, -0.15) is 0 Å². The average Bonchev–Trinajstić information content (AvgIpc) is 2.35. The molecule has 2 aromatic rings. The van der Waals surface area contributed by atoms with Gasteiger partial charge in [-0.25, -0.2) is 4.39 Å². The van der Waals surface area contributed by atoms with Crippen LogP contribution >= 0.6 is 11.6 Å². The molecule has 0 saturated heterocycles. The molecule has 0 fully saturated rings. The number of hydrogen-bond donors (Lipinski definition) is 2. The molecule has 0 atom stereocenters. The zero-order chi connectivity index (χ0) is 13.1. The summed E-state index contributed by atoms with van der Waals surface area (Å²) in [7, 11) is 0. The van der Waals surface area contributed by atoms with Gasteiger partial charge in [0.15, 0.2) is 11.0 Å². The number of halogens is 2. The first-order valence-electron chi connectivity index (χ1n) is 4.92. The Morgan fingerprint density at radius 3 is 2.72 bits per heavy atom. The number of aromatic nitrogens is 2. The van der Waals surface area contributed by atoms with E-state index in [1.165, 1.54) is 24.3 Å². The van der Waals surface area contributed by atoms with Gasteiger partial charge in [-0.3, -0.25) is 4.79 Å². The number of anilines is 2. The van der Waals surface area contributed by atoms with Crippen LogP contribution in [0.4, 0.5) is 15.9 Å². The second-order valence-corrected chi connectivity index (χ2v) is 3.82. The van der Waals surface area contributed by atoms with Crippen LogP contribution in [0, 0.1) is 5.82 Å². The smallest absolute Gasteiger partial charge is 0.259 e. The molecule has 0 bridgehead atoms. The summed E-state index contributed by atoms with van der Waals surface area (Å²) in [5.74, 6) is -1.15. The summed E-state index contributed by atoms with van der Waals surface area (Å²) in [6.07, 6.45) is 0. The van der Waals surface area contributed by atoms with Crippen LogP contribution in [0.3, 0.4) is 0 Å². The third kappa shape index (κ3) is 2.72. The summed E-state index contributed by atoms with van der Waals surface area (Å²) < 4.78 is 13.4. The lowest BCUT2D eigenvalue weighted by Gasteiger charge is -2.05. The van der Waals surface area contributed by atoms with E-state index in [0.29, 0.717) is 5.69 Å². The first-order chi connectivity index (χ1) is 8.56. The van der Waals surface area contributed by atoms with Crippen molar-refractivity contribution in [1.29, 1.82) is 0 Å². The number of nitrogen functional groups attached to an aromatic ring is 1. The van der Waals surface area contributed by atoms with Crippen LogP contribution in [0.15, 0.2) is 30.3 Å². The summed E-state index contributed by atoms with van der Waals surface area (Å²) >= 11 is 5.55. The van der Waals surface area contributed by atoms with Crippen LogP contribution in [0.2, 0.25) is 5.15 Å². The second-order valence-electron chi connectivity index (χ2n) is 3.43. The van der Waals surface area contributed by atoms with Gasteiger partial charge in [-0.15, -0.1) is 10.2 Å². The quantitative estimate of drug-likeness (QED) is 0.816. The van der Waals surface area contributed by atoms with Crippen molar-refractivity contribution >= 4 is 29.0 Å². The van der Waals surface area contributed by atoms with Gasteiger partial charge in [0.25, 0.3) is 5.91 Å². The number of carbonyl (C=O) groups excluding carboxylic acids is 1. The standard InChI is InChI=1S/C11H8ClFN4O/c12-9-3-4-10(17-16-9)15-11(18)7-5-6(14)1-2-8(7)13/h1-5H,14H2,(H,15,17,18). The zero-order valence-electron chi connectivity index (χ0n) is 9.02. The van der Waals surface area contributed by atoms with Crippen LogP contribution in [0.25, 0.3) is 0 Å². The van der Waals surface area contributed by atoms with Gasteiger partial charge in [-0.05, 0) is 30.3 Å². The Morgan fingerprint density at radius 2 is 2.06 bits per heavy atom. The van der Waals surface area contributed by atoms with Crippen LogP contribution < -0.4 is 11.1 Å². The van der Waals surface area contributed by atoms with Gasteiger partial charge in [-0.1, -0.05) is 11.6 Å². The summed E-state index contributed by atoms with van der Waals surface area (Å²) in [5, 5.41) is 9.76. The Balaban J connectivity index is 2.21. The number of rotatable bonds is 2. The highest BCUT2D eigenvalue weighted by atomic mass is 35.5. The van der Waals surface area contributed by atoms with Gasteiger partial charge < -0.3 is 11.1 Å². The fraction of sp³-hybridized carbons (Fsp3) is 0. The van der Waals surface area contributed by atoms with E-state index in [-0.39, 0.29) is 16.5 Å². The number of nitrogens with zero attached hydrogens (tertiary/aromatic N) is 2. The lowest BCUT2D eigenvalue weighted by atomic mass is 10.2. The van der Waals surface area contributed by atoms with Crippen molar-refractivity contribution in [2.45, 2.75) is 0 Å². The van der Waals surface area contributed by atoms with Crippen molar-refractivity contribution < 1.29 is 9.18 Å². The summed E-state index contributed by atoms with van der Waals surface area (Å²) in [6, 6.07) is 6.65. The van der Waals surface area contributed by atoms with Crippen molar-refractivity contribution in [2.75, 3.05) is 11.1 Å². The minimum Gasteiger partial charge on any atom is -0.399 e. The Morgan fingerprint density at radius 1 is 1.28 bits per heavy atom. The Labute approximate surface area is 107 Å². The van der Waals surface area contributed by atoms with E-state index in [4.69, 9.17) is 17.3 Å². The van der Waals surface area contributed by atoms with E-state index < -0.39 is 11.7 Å². The molecule has 0 aliphatic heterocycles. The number of carbonyl (C=O) groups is 1. The van der Waals surface area contributed by atoms with Gasteiger partial charge >= 0.3 is 0 Å². The highest BCUT2D eigenvalue weighted by Gasteiger charge is 2.12. The van der Waals surface area contributed by atoms with Crippen LogP contribution in [-0.2, 0) is 0 Å². The summed E-state index contributed by atoms with van der Waals surface area (Å²) in [5.41, 5.74) is 5.62. The molecule has 92 valence electrons. The highest BCUT2D eigenvalue weighted by Crippen LogP contribution is 2.14. The summed E-state index contributed by atoms with van der Waals surface area (Å²) in [4.78, 5) is 11.8. The van der Waals surface area contributed by atoms with E-state index in [9.17, 15) is 9.18 Å². The van der Waals surface area contributed by atoms with E-state index in [2.05, 4.69) is 15.5 Å². The van der Waals surface area contributed by atoms with E-state index in [1.54, 1.807) is 0 Å². The average molecular weight is 267 g/mol. The maximum absolute atomic E-state index is 13.4. The molecule has 7 heteroatoms. The topological polar surface area (TPSA) is 80.9 Å². The van der Waals surface area contributed by atoms with Gasteiger partial charge in [0.1, 0.15) is 5.82 Å². The predicted octanol–water partition coefficient (Wildman–Crippen LogP) is 2.10. The molecule has 1 aromatic carbocycles. The molecule has 0 radical (unpaired) electrons. The third-order valence-corrected chi connectivity index (χ3v) is 2.31. The van der Waals surface area contributed by atoms with Crippen molar-refractivity contribution in [3.63, 3.8) is 0 Å². The fourth-order valence-electron chi connectivity index (χ4n) is 1.28. The number of nitrogens with one attached hydrogen (secondary N) is 1. The SMILES string of the molecule is Nc1ccc(F)c(C(=O)Nc2ccc(Cl)nn2)c1. The normalized spacial score (nSPS) is 10.1. The summed E-state index contributed by atoms with van der Waals surface area (Å²) in [6.45, 7) is 0. The van der Waals surface area contributed by atoms with Crippen molar-refractivity contribution in [2.24, 2.45) is 0 Å². The predicted molar refractivity (Wildman–Crippen MR) is 65.8 cm³/mol. The molecule has 5 nitrogen and oxygen atoms in total. The van der Waals surface area contributed by atoms with Gasteiger partial charge in [0.2, 0.25) is 0 Å². The molecule has 1 aromatic heterocycles. The molecule has 2 rings (SSSR count). The lowest BCUT2D eigenvalue weighted by Crippen LogP contribution is -2.15. The number of amides is 1. The zero-order valence-corrected chi connectivity index (χ0v) is 9.78. The number of benzene rings is 1. The van der Waals surface area contributed by atoms with Crippen LogP contribution in [-0.4, -0.2) is 16.1 Å². The van der Waals surface area contributed by atoms with Gasteiger partial charge in [0, 0.05) is 5.69 Å². The van der Waals surface area contributed by atoms with Crippen molar-refractivity contribution in [3.05, 3.63) is 46.9 Å². The first kappa shape index (κ1) is 12.3. The molecular weight excluding hydrogens is 259 g/mol. The third-order valence-electron chi connectivity index (χ3n) is 2.11. The van der Waals surface area contributed by atoms with E-state index in [0.717, 1.165) is 6.07 Å². The lowest BCUT2D eigenvalue weighted by molar-refractivity contribution is 0.102. The number of hydrogen-bond acceptors (Lipinski definition) is 4. The molecule has 18 heavy (non-hydrogen) atoms. The van der Waals surface area contributed by atoms with Crippen molar-refractivity contribution in [3.8, 4) is 0 Å². The molecule has 0 aliphatic carbocycles. The Kier molecular flexibility index (Phi) is 3.38. The fourth-order valence-corrected chi connectivity index (χ4v) is 1.38. The largest absolute Gasteiger partial charge is 0.399 e. The minimum absolute atomic E-state index is 0.160. The van der Waals surface area contributed by atoms with Crippen LogP contribution in [0.1, 0.15) is 10.4 Å². The monoisotopic (exact) mass is 266 g/mol. The Bertz CT molecular complexity index is 588. The van der Waals surface area contributed by atoms with Crippen LogP contribution in [0.5, 0.6) is 0 Å². The Hall–Kier alpha value is -2.21. The molecule has 1 amide bonds. The van der Waals surface area contributed by atoms with E-state index in [1.807, 2.05) is 0 Å². The first-order valence-corrected chi connectivity index (χ1v) is 5.29. The molecule has 0 unspecified atom stereocenters. The minimum atomic E-state index is -0.663. The van der Waals surface area contributed by atoms with E-state index >= 15 is 0 Å².